The lowest BCUT2D eigenvalue weighted by molar-refractivity contribution is 0.0931. The van der Waals surface area contributed by atoms with Crippen LogP contribution in [-0.2, 0) is 16.4 Å². The Morgan fingerprint density at radius 1 is 0.952 bits per heavy atom. The Balaban J connectivity index is 1.31. The van der Waals surface area contributed by atoms with Crippen molar-refractivity contribution in [3.05, 3.63) is 106 Å². The van der Waals surface area contributed by atoms with Crippen LogP contribution in [0.4, 0.5) is 4.39 Å². The van der Waals surface area contributed by atoms with Crippen molar-refractivity contribution in [1.29, 1.82) is 0 Å². The normalized spacial score (nSPS) is 11.8. The Kier molecular flexibility index (Phi) is 9.43. The monoisotopic (exact) mass is 594 g/mol. The van der Waals surface area contributed by atoms with E-state index in [1.165, 1.54) is 36.7 Å². The van der Waals surface area contributed by atoms with Gasteiger partial charge in [-0.05, 0) is 41.3 Å². The predicted molar refractivity (Wildman–Crippen MR) is 156 cm³/mol. The lowest BCUT2D eigenvalue weighted by Crippen LogP contribution is -2.43. The molecule has 13 heteroatoms. The van der Waals surface area contributed by atoms with Crippen LogP contribution < -0.4 is 20.9 Å². The molecule has 42 heavy (non-hydrogen) atoms. The third-order valence-electron chi connectivity index (χ3n) is 6.52. The van der Waals surface area contributed by atoms with E-state index in [2.05, 4.69) is 30.5 Å². The van der Waals surface area contributed by atoms with Gasteiger partial charge in [0, 0.05) is 49.4 Å². The zero-order chi connectivity index (χ0) is 30.3. The van der Waals surface area contributed by atoms with Gasteiger partial charge in [-0.25, -0.2) is 22.6 Å². The summed E-state index contributed by atoms with van der Waals surface area (Å²) in [5.41, 5.74) is 0.378. The second-order valence-corrected chi connectivity index (χ2v) is 12.4. The van der Waals surface area contributed by atoms with Crippen LogP contribution in [0.5, 0.6) is 0 Å². The summed E-state index contributed by atoms with van der Waals surface area (Å²) in [6, 6.07) is 14.2. The van der Waals surface area contributed by atoms with Crippen LogP contribution in [0.25, 0.3) is 10.8 Å². The number of halogens is 1. The second kappa shape index (κ2) is 13.0. The number of hydrogen-bond donors (Lipinski definition) is 4. The molecule has 0 atom stereocenters. The minimum Gasteiger partial charge on any atom is -0.351 e. The fourth-order valence-electron chi connectivity index (χ4n) is 4.12. The molecule has 2 aromatic carbocycles. The summed E-state index contributed by atoms with van der Waals surface area (Å²) in [7, 11) is -3.72. The number of carbonyl (C=O) groups excluding carboxylic acids is 2. The first-order chi connectivity index (χ1) is 19.9. The second-order valence-electron chi connectivity index (χ2n) is 10.5. The number of carbonyl (C=O) groups is 2. The van der Waals surface area contributed by atoms with Gasteiger partial charge in [0.15, 0.2) is 0 Å². The molecule has 0 saturated heterocycles. The Bertz CT molecular complexity index is 1760. The lowest BCUT2D eigenvalue weighted by atomic mass is 9.93. The fourth-order valence-corrected chi connectivity index (χ4v) is 5.24. The lowest BCUT2D eigenvalue weighted by Gasteiger charge is -2.25. The van der Waals surface area contributed by atoms with Gasteiger partial charge in [-0.15, -0.1) is 0 Å². The van der Waals surface area contributed by atoms with E-state index in [1.807, 2.05) is 0 Å². The van der Waals surface area contributed by atoms with Crippen molar-refractivity contribution in [2.75, 3.05) is 25.4 Å². The van der Waals surface area contributed by atoms with Crippen LogP contribution in [0.15, 0.2) is 71.8 Å². The van der Waals surface area contributed by atoms with Gasteiger partial charge < -0.3 is 10.6 Å². The Hall–Kier alpha value is -4.49. The molecule has 0 aliphatic carbocycles. The number of aromatic nitrogens is 3. The van der Waals surface area contributed by atoms with Gasteiger partial charge in [0.2, 0.25) is 10.0 Å². The maximum absolute atomic E-state index is 14.6. The highest BCUT2D eigenvalue weighted by Crippen LogP contribution is 2.19. The van der Waals surface area contributed by atoms with Gasteiger partial charge >= 0.3 is 0 Å². The van der Waals surface area contributed by atoms with Crippen molar-refractivity contribution in [1.82, 2.24) is 30.5 Å². The summed E-state index contributed by atoms with van der Waals surface area (Å²) in [6.07, 6.45) is 3.19. The van der Waals surface area contributed by atoms with Gasteiger partial charge in [-0.2, -0.15) is 5.10 Å². The first-order valence-corrected chi connectivity index (χ1v) is 14.8. The Morgan fingerprint density at radius 2 is 1.67 bits per heavy atom. The molecular weight excluding hydrogens is 563 g/mol. The number of nitrogens with one attached hydrogen (secondary N) is 4. The number of rotatable bonds is 12. The molecular formula is C29H31FN6O5S. The highest BCUT2D eigenvalue weighted by molar-refractivity contribution is 7.89. The van der Waals surface area contributed by atoms with Crippen molar-refractivity contribution in [3.8, 4) is 0 Å². The molecule has 0 aliphatic rings. The molecule has 2 amide bonds. The quantitative estimate of drug-likeness (QED) is 0.195. The van der Waals surface area contributed by atoms with Crippen LogP contribution in [0.3, 0.4) is 0 Å². The van der Waals surface area contributed by atoms with Crippen LogP contribution in [-0.4, -0.2) is 60.8 Å². The summed E-state index contributed by atoms with van der Waals surface area (Å²) >= 11 is 0. The molecule has 0 radical (unpaired) electrons. The number of hydrogen-bond acceptors (Lipinski definition) is 7. The van der Waals surface area contributed by atoms with E-state index in [9.17, 15) is 27.2 Å². The summed E-state index contributed by atoms with van der Waals surface area (Å²) in [4.78, 5) is 40.9. The summed E-state index contributed by atoms with van der Waals surface area (Å²) in [5.74, 6) is -2.09. The number of amides is 2. The first kappa shape index (κ1) is 30.5. The average molecular weight is 595 g/mol. The molecule has 4 N–H and O–H groups in total. The van der Waals surface area contributed by atoms with Crippen LogP contribution >= 0.6 is 0 Å². The smallest absolute Gasteiger partial charge is 0.272 e. The summed E-state index contributed by atoms with van der Waals surface area (Å²) < 4.78 is 42.0. The topological polar surface area (TPSA) is 163 Å². The number of benzene rings is 2. The van der Waals surface area contributed by atoms with Gasteiger partial charge in [-0.3, -0.25) is 19.4 Å². The highest BCUT2D eigenvalue weighted by atomic mass is 32.2. The van der Waals surface area contributed by atoms with Gasteiger partial charge in [0.25, 0.3) is 17.4 Å². The minimum atomic E-state index is -3.72. The van der Waals surface area contributed by atoms with E-state index in [-0.39, 0.29) is 42.9 Å². The fraction of sp³-hybridized carbons (Fsp3) is 0.276. The van der Waals surface area contributed by atoms with Crippen LogP contribution in [0.1, 0.15) is 45.8 Å². The zero-order valence-corrected chi connectivity index (χ0v) is 23.9. The van der Waals surface area contributed by atoms with E-state index in [4.69, 9.17) is 0 Å². The number of aromatic amines is 1. The number of H-pyrrole nitrogens is 1. The Labute approximate surface area is 242 Å². The number of nitrogens with zero attached hydrogens (tertiary/aromatic N) is 2. The van der Waals surface area contributed by atoms with E-state index in [0.717, 1.165) is 0 Å². The molecule has 0 saturated carbocycles. The molecule has 0 unspecified atom stereocenters. The molecule has 0 fully saturated rings. The maximum atomic E-state index is 14.6. The SMILES string of the molecule is CC(C)(CNC(=O)c1cc(Cc2n[nH]c(=O)c3ccccc23)ccc1F)CNS(=O)(=O)CCNC(=O)c1ccncc1. The van der Waals surface area contributed by atoms with Crippen molar-refractivity contribution in [2.24, 2.45) is 5.41 Å². The third kappa shape index (κ3) is 8.04. The molecule has 0 bridgehead atoms. The maximum Gasteiger partial charge on any atom is 0.272 e. The van der Waals surface area contributed by atoms with Gasteiger partial charge in [0.05, 0.1) is 22.4 Å². The molecule has 0 spiro atoms. The van der Waals surface area contributed by atoms with Gasteiger partial charge in [0.1, 0.15) is 5.82 Å². The number of sulfonamides is 1. The molecule has 2 heterocycles. The van der Waals surface area contributed by atoms with E-state index in [1.54, 1.807) is 44.2 Å². The molecule has 220 valence electrons. The number of fused-ring (bicyclic) bond motifs is 1. The average Bonchev–Trinajstić information content (AvgIpc) is 2.98. The predicted octanol–water partition coefficient (Wildman–Crippen LogP) is 2.15. The van der Waals surface area contributed by atoms with Crippen molar-refractivity contribution in [3.63, 3.8) is 0 Å². The molecule has 4 rings (SSSR count). The van der Waals surface area contributed by atoms with E-state index < -0.39 is 33.1 Å². The third-order valence-corrected chi connectivity index (χ3v) is 7.84. The van der Waals surface area contributed by atoms with Gasteiger partial charge in [-0.1, -0.05) is 38.1 Å². The van der Waals surface area contributed by atoms with Crippen LogP contribution in [0, 0.1) is 11.2 Å². The van der Waals surface area contributed by atoms with E-state index in [0.29, 0.717) is 27.6 Å². The molecule has 0 aliphatic heterocycles. The molecule has 11 nitrogen and oxygen atoms in total. The number of pyridine rings is 1. The molecule has 2 aromatic heterocycles. The summed E-state index contributed by atoms with van der Waals surface area (Å²) in [5, 5.41) is 13.0. The van der Waals surface area contributed by atoms with Crippen molar-refractivity contribution >= 4 is 32.6 Å². The standard InChI is InChI=1S/C29H31FN6O5S/c1-29(2,18-34-42(40,41)14-13-32-26(37)20-9-11-31-12-10-20)17-33-27(38)23-15-19(7-8-24(23)30)16-25-21-5-3-4-6-22(21)28(39)36-35-25/h3-12,15,34H,13-14,16-18H2,1-2H3,(H,32,37)(H,33,38)(H,36,39). The minimum absolute atomic E-state index is 0.00138. The van der Waals surface area contributed by atoms with Crippen LogP contribution in [0.2, 0.25) is 0 Å². The molecule has 4 aromatic rings. The first-order valence-electron chi connectivity index (χ1n) is 13.1. The zero-order valence-electron chi connectivity index (χ0n) is 23.1. The van der Waals surface area contributed by atoms with Crippen molar-refractivity contribution in [2.45, 2.75) is 20.3 Å². The largest absolute Gasteiger partial charge is 0.351 e. The van der Waals surface area contributed by atoms with Crippen molar-refractivity contribution < 1.29 is 22.4 Å². The van der Waals surface area contributed by atoms with E-state index >= 15 is 0 Å². The Morgan fingerprint density at radius 3 is 2.40 bits per heavy atom. The highest BCUT2D eigenvalue weighted by Gasteiger charge is 2.23. The summed E-state index contributed by atoms with van der Waals surface area (Å²) in [6.45, 7) is 3.47.